The highest BCUT2D eigenvalue weighted by molar-refractivity contribution is 5.32. The van der Waals surface area contributed by atoms with Crippen molar-refractivity contribution in [2.45, 2.75) is 19.9 Å². The van der Waals surface area contributed by atoms with Gasteiger partial charge in [-0.25, -0.2) is 4.68 Å². The Labute approximate surface area is 102 Å². The summed E-state index contributed by atoms with van der Waals surface area (Å²) in [7, 11) is 0. The van der Waals surface area contributed by atoms with Crippen molar-refractivity contribution in [3.63, 3.8) is 0 Å². The molecule has 2 rings (SSSR count). The number of allylic oxidation sites excluding steroid dienone is 1. The van der Waals surface area contributed by atoms with E-state index in [9.17, 15) is 0 Å². The van der Waals surface area contributed by atoms with Crippen LogP contribution in [0.1, 0.15) is 25.5 Å². The van der Waals surface area contributed by atoms with Gasteiger partial charge in [0.25, 0.3) is 0 Å². The summed E-state index contributed by atoms with van der Waals surface area (Å²) >= 11 is 0. The quantitative estimate of drug-likeness (QED) is 0.819. The average Bonchev–Trinajstić information content (AvgIpc) is 2.78. The second-order valence-electron chi connectivity index (χ2n) is 4.32. The first-order valence-electron chi connectivity index (χ1n) is 5.67. The highest BCUT2D eigenvalue weighted by Gasteiger charge is 2.06. The van der Waals surface area contributed by atoms with Crippen molar-refractivity contribution in [1.29, 1.82) is 0 Å². The van der Waals surface area contributed by atoms with Gasteiger partial charge >= 0.3 is 0 Å². The molecule has 1 atom stereocenters. The Bertz CT molecular complexity index is 507. The lowest BCUT2D eigenvalue weighted by molar-refractivity contribution is 0.873. The van der Waals surface area contributed by atoms with Crippen LogP contribution in [0.5, 0.6) is 0 Å². The number of nitrogens with zero attached hydrogens (tertiary/aromatic N) is 2. The summed E-state index contributed by atoms with van der Waals surface area (Å²) in [6, 6.07) is 9.92. The molecule has 0 aliphatic heterocycles. The minimum absolute atomic E-state index is 0.0857. The molecule has 1 aromatic carbocycles. The predicted molar refractivity (Wildman–Crippen MR) is 69.9 cm³/mol. The maximum absolute atomic E-state index is 6.06. The molecule has 0 aliphatic carbocycles. The van der Waals surface area contributed by atoms with Crippen molar-refractivity contribution in [2.75, 3.05) is 0 Å². The van der Waals surface area contributed by atoms with Gasteiger partial charge in [0.15, 0.2) is 0 Å². The molecule has 0 saturated carbocycles. The maximum atomic E-state index is 6.06. The molecular formula is C14H17N3. The van der Waals surface area contributed by atoms with Gasteiger partial charge in [-0.2, -0.15) is 5.10 Å². The summed E-state index contributed by atoms with van der Waals surface area (Å²) in [5, 5.41) is 4.32. The van der Waals surface area contributed by atoms with Crippen LogP contribution in [0, 0.1) is 0 Å². The van der Waals surface area contributed by atoms with Crippen LogP contribution in [0.3, 0.4) is 0 Å². The second-order valence-corrected chi connectivity index (χ2v) is 4.32. The van der Waals surface area contributed by atoms with Crippen LogP contribution in [-0.4, -0.2) is 9.78 Å². The lowest BCUT2D eigenvalue weighted by atomic mass is 10.1. The fourth-order valence-corrected chi connectivity index (χ4v) is 1.69. The predicted octanol–water partition coefficient (Wildman–Crippen LogP) is 2.84. The van der Waals surface area contributed by atoms with E-state index in [-0.39, 0.29) is 6.04 Å². The van der Waals surface area contributed by atoms with E-state index in [1.807, 2.05) is 67.3 Å². The molecule has 88 valence electrons. The molecule has 17 heavy (non-hydrogen) atoms. The zero-order valence-corrected chi connectivity index (χ0v) is 10.2. The standard InChI is InChI=1S/C14H17N3/c1-11(2)8-14(15)12-9-16-17(10-12)13-6-4-3-5-7-13/h3-10,14H,15H2,1-2H3. The lowest BCUT2D eigenvalue weighted by Crippen LogP contribution is -2.06. The SMILES string of the molecule is CC(C)=CC(N)c1cnn(-c2ccccc2)c1. The Morgan fingerprint density at radius 3 is 2.65 bits per heavy atom. The van der Waals surface area contributed by atoms with Gasteiger partial charge in [0, 0.05) is 11.8 Å². The monoisotopic (exact) mass is 227 g/mol. The molecule has 3 heteroatoms. The molecule has 0 amide bonds. The number of rotatable bonds is 3. The zero-order valence-electron chi connectivity index (χ0n) is 10.2. The van der Waals surface area contributed by atoms with Crippen LogP contribution >= 0.6 is 0 Å². The normalized spacial score (nSPS) is 12.2. The molecule has 0 radical (unpaired) electrons. The summed E-state index contributed by atoms with van der Waals surface area (Å²) in [5.74, 6) is 0. The molecule has 1 unspecified atom stereocenters. The van der Waals surface area contributed by atoms with Gasteiger partial charge in [0.05, 0.1) is 17.9 Å². The Morgan fingerprint density at radius 2 is 2.00 bits per heavy atom. The van der Waals surface area contributed by atoms with Crippen molar-refractivity contribution in [3.05, 3.63) is 59.9 Å². The van der Waals surface area contributed by atoms with Crippen LogP contribution in [0.25, 0.3) is 5.69 Å². The lowest BCUT2D eigenvalue weighted by Gasteiger charge is -2.03. The van der Waals surface area contributed by atoms with Crippen LogP contribution < -0.4 is 5.73 Å². The molecule has 3 nitrogen and oxygen atoms in total. The molecule has 0 aliphatic rings. The summed E-state index contributed by atoms with van der Waals surface area (Å²) in [6.07, 6.45) is 5.82. The van der Waals surface area contributed by atoms with E-state index in [0.717, 1.165) is 11.3 Å². The van der Waals surface area contributed by atoms with Crippen molar-refractivity contribution in [3.8, 4) is 5.69 Å². The summed E-state index contributed by atoms with van der Waals surface area (Å²) in [4.78, 5) is 0. The fourth-order valence-electron chi connectivity index (χ4n) is 1.69. The molecule has 2 N–H and O–H groups in total. The first-order chi connectivity index (χ1) is 8.16. The molecule has 1 heterocycles. The summed E-state index contributed by atoms with van der Waals surface area (Å²) in [6.45, 7) is 4.09. The maximum Gasteiger partial charge on any atom is 0.0645 e. The molecule has 2 aromatic rings. The third-order valence-corrected chi connectivity index (χ3v) is 2.52. The number of hydrogen-bond donors (Lipinski definition) is 1. The Balaban J connectivity index is 2.25. The van der Waals surface area contributed by atoms with Crippen LogP contribution in [0.4, 0.5) is 0 Å². The van der Waals surface area contributed by atoms with E-state index >= 15 is 0 Å². The largest absolute Gasteiger partial charge is 0.321 e. The number of benzene rings is 1. The van der Waals surface area contributed by atoms with E-state index in [2.05, 4.69) is 5.10 Å². The third kappa shape index (κ3) is 2.82. The van der Waals surface area contributed by atoms with Gasteiger partial charge < -0.3 is 5.73 Å². The highest BCUT2D eigenvalue weighted by atomic mass is 15.3. The van der Waals surface area contributed by atoms with E-state index in [4.69, 9.17) is 5.73 Å². The van der Waals surface area contributed by atoms with Crippen LogP contribution in [-0.2, 0) is 0 Å². The number of aromatic nitrogens is 2. The second kappa shape index (κ2) is 4.97. The summed E-state index contributed by atoms with van der Waals surface area (Å²) < 4.78 is 1.84. The Kier molecular flexibility index (Phi) is 3.40. The minimum atomic E-state index is -0.0857. The molecule has 0 bridgehead atoms. The molecular weight excluding hydrogens is 210 g/mol. The van der Waals surface area contributed by atoms with Gasteiger partial charge in [-0.05, 0) is 26.0 Å². The topological polar surface area (TPSA) is 43.8 Å². The zero-order chi connectivity index (χ0) is 12.3. The van der Waals surface area contributed by atoms with Crippen molar-refractivity contribution < 1.29 is 0 Å². The van der Waals surface area contributed by atoms with E-state index < -0.39 is 0 Å². The van der Waals surface area contributed by atoms with Gasteiger partial charge in [-0.3, -0.25) is 0 Å². The average molecular weight is 227 g/mol. The Morgan fingerprint density at radius 1 is 1.29 bits per heavy atom. The van der Waals surface area contributed by atoms with E-state index in [0.29, 0.717) is 0 Å². The Hall–Kier alpha value is -1.87. The number of hydrogen-bond acceptors (Lipinski definition) is 2. The number of nitrogens with two attached hydrogens (primary N) is 1. The van der Waals surface area contributed by atoms with Crippen molar-refractivity contribution in [1.82, 2.24) is 9.78 Å². The highest BCUT2D eigenvalue weighted by Crippen LogP contribution is 2.15. The molecule has 0 saturated heterocycles. The van der Waals surface area contributed by atoms with Gasteiger partial charge in [0.2, 0.25) is 0 Å². The first-order valence-corrected chi connectivity index (χ1v) is 5.67. The van der Waals surface area contributed by atoms with Gasteiger partial charge in [0.1, 0.15) is 0 Å². The van der Waals surface area contributed by atoms with Crippen molar-refractivity contribution >= 4 is 0 Å². The summed E-state index contributed by atoms with van der Waals surface area (Å²) in [5.41, 5.74) is 9.34. The minimum Gasteiger partial charge on any atom is -0.321 e. The molecule has 0 spiro atoms. The van der Waals surface area contributed by atoms with Gasteiger partial charge in [-0.15, -0.1) is 0 Å². The van der Waals surface area contributed by atoms with Gasteiger partial charge in [-0.1, -0.05) is 29.8 Å². The molecule has 1 aromatic heterocycles. The van der Waals surface area contributed by atoms with Crippen LogP contribution in [0.2, 0.25) is 0 Å². The van der Waals surface area contributed by atoms with Crippen molar-refractivity contribution in [2.24, 2.45) is 5.73 Å². The van der Waals surface area contributed by atoms with Crippen LogP contribution in [0.15, 0.2) is 54.4 Å². The first kappa shape index (κ1) is 11.6. The fraction of sp³-hybridized carbons (Fsp3) is 0.214. The smallest absolute Gasteiger partial charge is 0.0645 e. The number of para-hydroxylation sites is 1. The third-order valence-electron chi connectivity index (χ3n) is 2.52. The van der Waals surface area contributed by atoms with E-state index in [1.54, 1.807) is 0 Å². The molecule has 0 fully saturated rings. The van der Waals surface area contributed by atoms with E-state index in [1.165, 1.54) is 5.57 Å².